The van der Waals surface area contributed by atoms with Gasteiger partial charge in [0.05, 0.1) is 17.9 Å². The number of sulfone groups is 1. The molecule has 2 rings (SSSR count). The largest absolute Gasteiger partial charge is 0.493 e. The molecule has 0 aromatic heterocycles. The van der Waals surface area contributed by atoms with Crippen molar-refractivity contribution >= 4 is 15.7 Å². The summed E-state index contributed by atoms with van der Waals surface area (Å²) in [7, 11) is -3.20. The summed E-state index contributed by atoms with van der Waals surface area (Å²) in [6.07, 6.45) is 3.66. The first-order valence-corrected chi connectivity index (χ1v) is 9.21. The summed E-state index contributed by atoms with van der Waals surface area (Å²) in [6.45, 7) is 0.705. The lowest BCUT2D eigenvalue weighted by Crippen LogP contribution is -2.42. The number of carbonyl (C=O) groups excluding carboxylic acids is 1. The van der Waals surface area contributed by atoms with E-state index in [0.717, 1.165) is 19.1 Å². The summed E-state index contributed by atoms with van der Waals surface area (Å²) in [6, 6.07) is 6.22. The van der Waals surface area contributed by atoms with E-state index in [2.05, 4.69) is 5.32 Å². The van der Waals surface area contributed by atoms with Crippen molar-refractivity contribution in [1.29, 1.82) is 0 Å². The summed E-state index contributed by atoms with van der Waals surface area (Å²) in [5, 5.41) is 2.92. The molecule has 1 amide bonds. The van der Waals surface area contributed by atoms with Crippen LogP contribution in [0.25, 0.3) is 0 Å². The van der Waals surface area contributed by atoms with E-state index >= 15 is 0 Å². The Labute approximate surface area is 131 Å². The number of nitrogens with two attached hydrogens (primary N) is 1. The van der Waals surface area contributed by atoms with Crippen LogP contribution in [-0.4, -0.2) is 39.8 Å². The Kier molecular flexibility index (Phi) is 5.42. The van der Waals surface area contributed by atoms with Crippen LogP contribution in [0, 0.1) is 5.92 Å². The highest BCUT2D eigenvalue weighted by molar-refractivity contribution is 7.90. The predicted octanol–water partition coefficient (Wildman–Crippen LogP) is 0.713. The first-order valence-electron chi connectivity index (χ1n) is 7.32. The SMILES string of the molecule is CS(=O)(=O)c1ccc(OCCC(=O)NC(CN)C2CC2)cc1. The summed E-state index contributed by atoms with van der Waals surface area (Å²) >= 11 is 0. The van der Waals surface area contributed by atoms with Gasteiger partial charge in [-0.2, -0.15) is 0 Å². The molecule has 1 unspecified atom stereocenters. The number of nitrogens with one attached hydrogen (secondary N) is 1. The van der Waals surface area contributed by atoms with Crippen LogP contribution in [0.5, 0.6) is 5.75 Å². The van der Waals surface area contributed by atoms with Gasteiger partial charge in [0.15, 0.2) is 9.84 Å². The van der Waals surface area contributed by atoms with Gasteiger partial charge in [0.1, 0.15) is 5.75 Å². The lowest BCUT2D eigenvalue weighted by Gasteiger charge is -2.16. The Morgan fingerprint density at radius 3 is 2.50 bits per heavy atom. The molecule has 0 aliphatic heterocycles. The van der Waals surface area contributed by atoms with E-state index in [4.69, 9.17) is 10.5 Å². The van der Waals surface area contributed by atoms with E-state index in [0.29, 0.717) is 18.2 Å². The van der Waals surface area contributed by atoms with Crippen molar-refractivity contribution in [3.63, 3.8) is 0 Å². The second-order valence-electron chi connectivity index (χ2n) is 5.59. The number of rotatable bonds is 8. The number of benzene rings is 1. The fourth-order valence-electron chi connectivity index (χ4n) is 2.19. The van der Waals surface area contributed by atoms with E-state index in [1.807, 2.05) is 0 Å². The monoisotopic (exact) mass is 326 g/mol. The molecular formula is C15H22N2O4S. The first kappa shape index (κ1) is 16.8. The molecule has 1 aliphatic carbocycles. The van der Waals surface area contributed by atoms with E-state index in [1.165, 1.54) is 12.1 Å². The second kappa shape index (κ2) is 7.11. The maximum absolute atomic E-state index is 11.8. The van der Waals surface area contributed by atoms with Gasteiger partial charge in [-0.05, 0) is 43.0 Å². The Balaban J connectivity index is 1.75. The van der Waals surface area contributed by atoms with E-state index < -0.39 is 9.84 Å². The van der Waals surface area contributed by atoms with Gasteiger partial charge < -0.3 is 15.8 Å². The highest BCUT2D eigenvalue weighted by Crippen LogP contribution is 2.32. The van der Waals surface area contributed by atoms with Crippen LogP contribution in [-0.2, 0) is 14.6 Å². The molecule has 1 fully saturated rings. The molecule has 0 heterocycles. The highest BCUT2D eigenvalue weighted by Gasteiger charge is 2.31. The summed E-state index contributed by atoms with van der Waals surface area (Å²) in [4.78, 5) is 12.0. The minimum Gasteiger partial charge on any atom is -0.493 e. The Bertz CT molecular complexity index is 609. The molecule has 22 heavy (non-hydrogen) atoms. The molecule has 0 spiro atoms. The molecule has 122 valence electrons. The van der Waals surface area contributed by atoms with E-state index in [1.54, 1.807) is 12.1 Å². The Morgan fingerprint density at radius 1 is 1.36 bits per heavy atom. The molecule has 1 aromatic rings. The van der Waals surface area contributed by atoms with Gasteiger partial charge in [0.2, 0.25) is 5.91 Å². The number of hydrogen-bond acceptors (Lipinski definition) is 5. The van der Waals surface area contributed by atoms with Crippen molar-refractivity contribution in [2.75, 3.05) is 19.4 Å². The molecule has 0 radical (unpaired) electrons. The van der Waals surface area contributed by atoms with Crippen molar-refractivity contribution in [3.8, 4) is 5.75 Å². The van der Waals surface area contributed by atoms with Crippen LogP contribution in [0.15, 0.2) is 29.2 Å². The van der Waals surface area contributed by atoms with Gasteiger partial charge in [-0.15, -0.1) is 0 Å². The third-order valence-electron chi connectivity index (χ3n) is 3.64. The molecule has 6 nitrogen and oxygen atoms in total. The second-order valence-corrected chi connectivity index (χ2v) is 7.60. The normalized spacial score (nSPS) is 16.1. The smallest absolute Gasteiger partial charge is 0.223 e. The van der Waals surface area contributed by atoms with Crippen LogP contribution < -0.4 is 15.8 Å². The average molecular weight is 326 g/mol. The summed E-state index contributed by atoms with van der Waals surface area (Å²) < 4.78 is 28.1. The van der Waals surface area contributed by atoms with Gasteiger partial charge >= 0.3 is 0 Å². The van der Waals surface area contributed by atoms with Crippen LogP contribution in [0.2, 0.25) is 0 Å². The van der Waals surface area contributed by atoms with Gasteiger partial charge in [0, 0.05) is 18.8 Å². The molecule has 7 heteroatoms. The molecule has 1 atom stereocenters. The Morgan fingerprint density at radius 2 is 2.00 bits per heavy atom. The minimum absolute atomic E-state index is 0.0709. The predicted molar refractivity (Wildman–Crippen MR) is 83.4 cm³/mol. The zero-order valence-electron chi connectivity index (χ0n) is 12.6. The fraction of sp³-hybridized carbons (Fsp3) is 0.533. The maximum Gasteiger partial charge on any atom is 0.223 e. The molecule has 1 saturated carbocycles. The quantitative estimate of drug-likeness (QED) is 0.733. The van der Waals surface area contributed by atoms with Crippen LogP contribution in [0.1, 0.15) is 19.3 Å². The number of carbonyl (C=O) groups is 1. The maximum atomic E-state index is 11.8. The molecule has 1 aromatic carbocycles. The third-order valence-corrected chi connectivity index (χ3v) is 4.77. The van der Waals surface area contributed by atoms with Crippen molar-refractivity contribution in [3.05, 3.63) is 24.3 Å². The molecule has 3 N–H and O–H groups in total. The van der Waals surface area contributed by atoms with E-state index in [9.17, 15) is 13.2 Å². The third kappa shape index (κ3) is 4.99. The van der Waals surface area contributed by atoms with Gasteiger partial charge in [-0.1, -0.05) is 0 Å². The molecule has 1 aliphatic rings. The van der Waals surface area contributed by atoms with E-state index in [-0.39, 0.29) is 29.9 Å². The lowest BCUT2D eigenvalue weighted by molar-refractivity contribution is -0.122. The van der Waals surface area contributed by atoms with Gasteiger partial charge in [-0.3, -0.25) is 4.79 Å². The summed E-state index contributed by atoms with van der Waals surface area (Å²) in [5.41, 5.74) is 5.64. The zero-order chi connectivity index (χ0) is 16.2. The van der Waals surface area contributed by atoms with Crippen molar-refractivity contribution in [2.45, 2.75) is 30.2 Å². The number of hydrogen-bond donors (Lipinski definition) is 2. The lowest BCUT2D eigenvalue weighted by atomic mass is 10.2. The Hall–Kier alpha value is -1.60. The number of amides is 1. The highest BCUT2D eigenvalue weighted by atomic mass is 32.2. The van der Waals surface area contributed by atoms with Crippen molar-refractivity contribution in [1.82, 2.24) is 5.32 Å². The molecular weight excluding hydrogens is 304 g/mol. The average Bonchev–Trinajstić information content (AvgIpc) is 3.29. The van der Waals surface area contributed by atoms with Crippen molar-refractivity contribution in [2.24, 2.45) is 11.7 Å². The first-order chi connectivity index (χ1) is 10.4. The minimum atomic E-state index is -3.20. The standard InChI is InChI=1S/C15H22N2O4S/c1-22(19,20)13-6-4-12(5-7-13)21-9-8-15(18)17-14(10-16)11-2-3-11/h4-7,11,14H,2-3,8-10,16H2,1H3,(H,17,18). The topological polar surface area (TPSA) is 98.5 Å². The van der Waals surface area contributed by atoms with Crippen LogP contribution in [0.3, 0.4) is 0 Å². The fourth-order valence-corrected chi connectivity index (χ4v) is 2.82. The van der Waals surface area contributed by atoms with Crippen molar-refractivity contribution < 1.29 is 17.9 Å². The van der Waals surface area contributed by atoms with Crippen LogP contribution >= 0.6 is 0 Å². The van der Waals surface area contributed by atoms with Crippen LogP contribution in [0.4, 0.5) is 0 Å². The molecule has 0 bridgehead atoms. The number of ether oxygens (including phenoxy) is 1. The summed E-state index contributed by atoms with van der Waals surface area (Å²) in [5.74, 6) is 0.992. The zero-order valence-corrected chi connectivity index (χ0v) is 13.4. The van der Waals surface area contributed by atoms with Gasteiger partial charge in [-0.25, -0.2) is 8.42 Å². The molecule has 0 saturated heterocycles. The van der Waals surface area contributed by atoms with Gasteiger partial charge in [0.25, 0.3) is 0 Å².